The number of benzene rings is 2. The molecule has 1 atom stereocenters. The summed E-state index contributed by atoms with van der Waals surface area (Å²) in [5.74, 6) is 0.800. The van der Waals surface area contributed by atoms with Crippen molar-refractivity contribution in [2.45, 2.75) is 44.8 Å². The highest BCUT2D eigenvalue weighted by Crippen LogP contribution is 2.40. The van der Waals surface area contributed by atoms with Crippen LogP contribution >= 0.6 is 0 Å². The third-order valence-corrected chi connectivity index (χ3v) is 4.16. The van der Waals surface area contributed by atoms with Crippen LogP contribution in [0.2, 0.25) is 0 Å². The van der Waals surface area contributed by atoms with Gasteiger partial charge < -0.3 is 9.84 Å². The van der Waals surface area contributed by atoms with Crippen LogP contribution in [0.4, 0.5) is 0 Å². The Morgan fingerprint density at radius 3 is 2.43 bits per heavy atom. The summed E-state index contributed by atoms with van der Waals surface area (Å²) < 4.78 is 5.89. The summed E-state index contributed by atoms with van der Waals surface area (Å²) >= 11 is 0. The van der Waals surface area contributed by atoms with E-state index in [0.717, 1.165) is 24.2 Å². The number of para-hydroxylation sites is 1. The molecule has 3 rings (SSSR count). The Balaban J connectivity index is 1.97. The molecule has 2 nitrogen and oxygen atoms in total. The topological polar surface area (TPSA) is 29.5 Å². The van der Waals surface area contributed by atoms with Crippen molar-refractivity contribution in [3.8, 4) is 5.75 Å². The zero-order valence-electron chi connectivity index (χ0n) is 12.7. The highest BCUT2D eigenvalue weighted by Gasteiger charge is 2.36. The number of aliphatic hydroxyl groups is 1. The molecule has 0 amide bonds. The SMILES string of the molecule is CC(C)Oc1ccccc1C1(O)CCc2ccccc2C1. The first kappa shape index (κ1) is 14.2. The van der Waals surface area contributed by atoms with Crippen LogP contribution in [0, 0.1) is 0 Å². The van der Waals surface area contributed by atoms with Gasteiger partial charge in [0.2, 0.25) is 0 Å². The standard InChI is InChI=1S/C19H22O2/c1-14(2)21-18-10-6-5-9-17(18)19(20)12-11-15-7-3-4-8-16(15)13-19/h3-10,14,20H,11-13H2,1-2H3. The van der Waals surface area contributed by atoms with Crippen LogP contribution in [0.3, 0.4) is 0 Å². The minimum Gasteiger partial charge on any atom is -0.491 e. The van der Waals surface area contributed by atoms with E-state index in [1.165, 1.54) is 11.1 Å². The third-order valence-electron chi connectivity index (χ3n) is 4.16. The first-order chi connectivity index (χ1) is 10.1. The van der Waals surface area contributed by atoms with Crippen molar-refractivity contribution >= 4 is 0 Å². The fraction of sp³-hybridized carbons (Fsp3) is 0.368. The second kappa shape index (κ2) is 5.53. The zero-order valence-corrected chi connectivity index (χ0v) is 12.7. The van der Waals surface area contributed by atoms with E-state index in [0.29, 0.717) is 6.42 Å². The van der Waals surface area contributed by atoms with Crippen LogP contribution < -0.4 is 4.74 Å². The molecule has 21 heavy (non-hydrogen) atoms. The molecule has 1 N–H and O–H groups in total. The summed E-state index contributed by atoms with van der Waals surface area (Å²) in [5.41, 5.74) is 2.67. The van der Waals surface area contributed by atoms with Crippen LogP contribution in [0.25, 0.3) is 0 Å². The number of rotatable bonds is 3. The van der Waals surface area contributed by atoms with E-state index in [1.807, 2.05) is 44.2 Å². The molecule has 0 fully saturated rings. The third kappa shape index (κ3) is 2.81. The average Bonchev–Trinajstić information content (AvgIpc) is 2.47. The van der Waals surface area contributed by atoms with Crippen LogP contribution in [0.5, 0.6) is 5.75 Å². The van der Waals surface area contributed by atoms with E-state index < -0.39 is 5.60 Å². The van der Waals surface area contributed by atoms with Crippen LogP contribution in [0.15, 0.2) is 48.5 Å². The fourth-order valence-corrected chi connectivity index (χ4v) is 3.16. The molecule has 0 saturated heterocycles. The first-order valence-corrected chi connectivity index (χ1v) is 7.64. The monoisotopic (exact) mass is 282 g/mol. The Bertz CT molecular complexity index is 633. The molecule has 0 heterocycles. The van der Waals surface area contributed by atoms with E-state index >= 15 is 0 Å². The first-order valence-electron chi connectivity index (χ1n) is 7.64. The van der Waals surface area contributed by atoms with Gasteiger partial charge in [-0.15, -0.1) is 0 Å². The Hall–Kier alpha value is -1.80. The van der Waals surface area contributed by atoms with Crippen LogP contribution in [-0.4, -0.2) is 11.2 Å². The highest BCUT2D eigenvalue weighted by molar-refractivity contribution is 5.42. The summed E-state index contributed by atoms with van der Waals surface area (Å²) in [6.45, 7) is 4.02. The lowest BCUT2D eigenvalue weighted by Gasteiger charge is -2.35. The predicted molar refractivity (Wildman–Crippen MR) is 84.6 cm³/mol. The summed E-state index contributed by atoms with van der Waals surface area (Å²) in [7, 11) is 0. The van der Waals surface area contributed by atoms with Crippen LogP contribution in [-0.2, 0) is 18.4 Å². The second-order valence-corrected chi connectivity index (χ2v) is 6.14. The number of hydrogen-bond donors (Lipinski definition) is 1. The maximum absolute atomic E-state index is 11.2. The number of fused-ring (bicyclic) bond motifs is 1. The Morgan fingerprint density at radius 2 is 1.67 bits per heavy atom. The molecular weight excluding hydrogens is 260 g/mol. The largest absolute Gasteiger partial charge is 0.491 e. The minimum atomic E-state index is -0.833. The molecule has 0 radical (unpaired) electrons. The molecule has 2 aromatic carbocycles. The molecule has 2 heteroatoms. The second-order valence-electron chi connectivity index (χ2n) is 6.14. The summed E-state index contributed by atoms with van der Waals surface area (Å²) in [6, 6.07) is 16.3. The van der Waals surface area contributed by atoms with Crippen LogP contribution in [0.1, 0.15) is 37.0 Å². The van der Waals surface area contributed by atoms with Gasteiger partial charge in [0.05, 0.1) is 11.7 Å². The van der Waals surface area contributed by atoms with Gasteiger partial charge in [-0.2, -0.15) is 0 Å². The van der Waals surface area contributed by atoms with E-state index in [4.69, 9.17) is 4.74 Å². The van der Waals surface area contributed by atoms with E-state index in [2.05, 4.69) is 18.2 Å². The molecule has 1 unspecified atom stereocenters. The molecule has 0 aliphatic heterocycles. The quantitative estimate of drug-likeness (QED) is 0.926. The Kier molecular flexibility index (Phi) is 3.73. The Labute approximate surface area is 126 Å². The summed E-state index contributed by atoms with van der Waals surface area (Å²) in [5, 5.41) is 11.2. The van der Waals surface area contributed by atoms with Crippen molar-refractivity contribution in [1.82, 2.24) is 0 Å². The van der Waals surface area contributed by atoms with Crippen molar-refractivity contribution in [3.05, 3.63) is 65.2 Å². The molecule has 0 aromatic heterocycles. The molecule has 1 aliphatic carbocycles. The van der Waals surface area contributed by atoms with Gasteiger partial charge in [-0.25, -0.2) is 0 Å². The van der Waals surface area contributed by atoms with Gasteiger partial charge in [0.1, 0.15) is 5.75 Å². The highest BCUT2D eigenvalue weighted by atomic mass is 16.5. The van der Waals surface area contributed by atoms with Crippen molar-refractivity contribution < 1.29 is 9.84 Å². The van der Waals surface area contributed by atoms with Gasteiger partial charge in [-0.3, -0.25) is 0 Å². The molecule has 110 valence electrons. The lowest BCUT2D eigenvalue weighted by atomic mass is 9.76. The average molecular weight is 282 g/mol. The molecular formula is C19H22O2. The minimum absolute atomic E-state index is 0.102. The van der Waals surface area contributed by atoms with Gasteiger partial charge in [0, 0.05) is 12.0 Å². The van der Waals surface area contributed by atoms with Gasteiger partial charge in [-0.05, 0) is 43.9 Å². The van der Waals surface area contributed by atoms with Gasteiger partial charge in [-0.1, -0.05) is 42.5 Å². The molecule has 0 bridgehead atoms. The zero-order chi connectivity index (χ0) is 14.9. The summed E-state index contributed by atoms with van der Waals surface area (Å²) in [6.07, 6.45) is 2.40. The molecule has 0 saturated carbocycles. The van der Waals surface area contributed by atoms with E-state index in [-0.39, 0.29) is 6.10 Å². The van der Waals surface area contributed by atoms with Gasteiger partial charge in [0.25, 0.3) is 0 Å². The van der Waals surface area contributed by atoms with Crippen molar-refractivity contribution in [1.29, 1.82) is 0 Å². The van der Waals surface area contributed by atoms with E-state index in [9.17, 15) is 5.11 Å². The number of aryl methyl sites for hydroxylation is 1. The number of ether oxygens (including phenoxy) is 1. The number of hydrogen-bond acceptors (Lipinski definition) is 2. The normalized spacial score (nSPS) is 21.1. The van der Waals surface area contributed by atoms with Gasteiger partial charge in [0.15, 0.2) is 0 Å². The Morgan fingerprint density at radius 1 is 1.00 bits per heavy atom. The lowest BCUT2D eigenvalue weighted by molar-refractivity contribution is 0.0186. The summed E-state index contributed by atoms with van der Waals surface area (Å²) in [4.78, 5) is 0. The van der Waals surface area contributed by atoms with E-state index in [1.54, 1.807) is 0 Å². The molecule has 2 aromatic rings. The fourth-order valence-electron chi connectivity index (χ4n) is 3.16. The smallest absolute Gasteiger partial charge is 0.125 e. The maximum Gasteiger partial charge on any atom is 0.125 e. The van der Waals surface area contributed by atoms with Crippen molar-refractivity contribution in [3.63, 3.8) is 0 Å². The molecule has 0 spiro atoms. The van der Waals surface area contributed by atoms with Crippen molar-refractivity contribution in [2.24, 2.45) is 0 Å². The predicted octanol–water partition coefficient (Wildman–Crippen LogP) is 3.85. The molecule has 1 aliphatic rings. The lowest BCUT2D eigenvalue weighted by Crippen LogP contribution is -2.33. The van der Waals surface area contributed by atoms with Crippen molar-refractivity contribution in [2.75, 3.05) is 0 Å². The van der Waals surface area contributed by atoms with Gasteiger partial charge >= 0.3 is 0 Å². The maximum atomic E-state index is 11.2.